The first kappa shape index (κ1) is 16.1. The molecule has 1 heterocycles. The van der Waals surface area contributed by atoms with E-state index in [2.05, 4.69) is 26.2 Å². The quantitative estimate of drug-likeness (QED) is 0.619. The van der Waals surface area contributed by atoms with Gasteiger partial charge in [0.2, 0.25) is 0 Å². The fraction of sp³-hybridized carbons (Fsp3) is 0.0588. The van der Waals surface area contributed by atoms with Gasteiger partial charge in [-0.15, -0.1) is 0 Å². The molecule has 0 saturated heterocycles. The predicted molar refractivity (Wildman–Crippen MR) is 94.0 cm³/mol. The van der Waals surface area contributed by atoms with E-state index in [0.717, 1.165) is 31.5 Å². The monoisotopic (exact) mass is 438 g/mol. The molecule has 3 nitrogen and oxygen atoms in total. The van der Waals surface area contributed by atoms with Crippen LogP contribution in [-0.4, -0.2) is 25.4 Å². The number of rotatable bonds is 3. The van der Waals surface area contributed by atoms with Crippen LogP contribution >= 0.6 is 15.9 Å². The van der Waals surface area contributed by atoms with E-state index < -0.39 is 0 Å². The van der Waals surface area contributed by atoms with Crippen LogP contribution in [0.15, 0.2) is 51.9 Å². The van der Waals surface area contributed by atoms with Gasteiger partial charge >= 0.3 is 148 Å². The van der Waals surface area contributed by atoms with Gasteiger partial charge in [0, 0.05) is 0 Å². The SMILES string of the molecule is CC(=O)Nc1ccc(-c2nc(-c3cccc(F)c3)c[se]2)cc1Br. The van der Waals surface area contributed by atoms with Crippen molar-refractivity contribution >= 4 is 42.0 Å². The first-order valence-corrected chi connectivity index (χ1v) is 9.46. The summed E-state index contributed by atoms with van der Waals surface area (Å²) in [4.78, 5) is 17.8. The molecule has 6 heteroatoms. The van der Waals surface area contributed by atoms with Crippen molar-refractivity contribution < 1.29 is 9.18 Å². The average molecular weight is 438 g/mol. The second-order valence-corrected chi connectivity index (χ2v) is 7.58. The summed E-state index contributed by atoms with van der Waals surface area (Å²) < 4.78 is 15.1. The van der Waals surface area contributed by atoms with Crippen molar-refractivity contribution in [2.75, 3.05) is 5.32 Å². The molecule has 0 unspecified atom stereocenters. The number of aromatic nitrogens is 1. The van der Waals surface area contributed by atoms with Crippen LogP contribution in [0.2, 0.25) is 0 Å². The predicted octanol–water partition coefficient (Wildman–Crippen LogP) is 4.33. The summed E-state index contributed by atoms with van der Waals surface area (Å²) in [5, 5.41) is 2.76. The second kappa shape index (κ2) is 6.79. The molecule has 0 aliphatic carbocycles. The first-order valence-electron chi connectivity index (χ1n) is 6.82. The number of carbonyl (C=O) groups excluding carboxylic acids is 1. The zero-order valence-corrected chi connectivity index (χ0v) is 15.4. The molecule has 0 aliphatic heterocycles. The molecule has 0 radical (unpaired) electrons. The zero-order chi connectivity index (χ0) is 16.4. The van der Waals surface area contributed by atoms with Gasteiger partial charge in [0.1, 0.15) is 0 Å². The Hall–Kier alpha value is -1.75. The minimum atomic E-state index is -0.262. The van der Waals surface area contributed by atoms with Crippen LogP contribution in [0.4, 0.5) is 10.1 Å². The van der Waals surface area contributed by atoms with E-state index >= 15 is 0 Å². The topological polar surface area (TPSA) is 42.0 Å². The molecule has 2 aromatic carbocycles. The Kier molecular flexibility index (Phi) is 4.76. The van der Waals surface area contributed by atoms with Crippen LogP contribution < -0.4 is 5.32 Å². The molecule has 23 heavy (non-hydrogen) atoms. The number of benzene rings is 2. The van der Waals surface area contributed by atoms with E-state index in [1.54, 1.807) is 6.07 Å². The molecule has 1 aromatic heterocycles. The Bertz CT molecular complexity index is 879. The molecular formula is C17H12BrFN2OSe. The molecule has 0 spiro atoms. The summed E-state index contributed by atoms with van der Waals surface area (Å²) >= 11 is 3.56. The Balaban J connectivity index is 1.91. The van der Waals surface area contributed by atoms with Gasteiger partial charge in [0.15, 0.2) is 0 Å². The van der Waals surface area contributed by atoms with Crippen LogP contribution in [0.3, 0.4) is 0 Å². The van der Waals surface area contributed by atoms with Crippen LogP contribution in [0, 0.1) is 5.82 Å². The maximum atomic E-state index is 13.3. The number of nitrogens with zero attached hydrogens (tertiary/aromatic N) is 1. The number of hydrogen-bond donors (Lipinski definition) is 1. The molecule has 0 saturated carbocycles. The molecule has 0 atom stereocenters. The van der Waals surface area contributed by atoms with Gasteiger partial charge in [0.25, 0.3) is 0 Å². The number of hydrogen-bond acceptors (Lipinski definition) is 2. The Morgan fingerprint density at radius 2 is 2.04 bits per heavy atom. The summed E-state index contributed by atoms with van der Waals surface area (Å²) in [7, 11) is 0. The summed E-state index contributed by atoms with van der Waals surface area (Å²) in [6, 6.07) is 12.2. The van der Waals surface area contributed by atoms with Gasteiger partial charge in [-0.3, -0.25) is 0 Å². The van der Waals surface area contributed by atoms with Gasteiger partial charge in [0.05, 0.1) is 0 Å². The van der Waals surface area contributed by atoms with Crippen LogP contribution in [0.25, 0.3) is 21.4 Å². The Morgan fingerprint density at radius 1 is 1.22 bits per heavy atom. The molecule has 0 fully saturated rings. The Labute approximate surface area is 147 Å². The third-order valence-corrected chi connectivity index (χ3v) is 5.68. The summed E-state index contributed by atoms with van der Waals surface area (Å²) in [6.07, 6.45) is 0. The van der Waals surface area contributed by atoms with Crippen LogP contribution in [0.5, 0.6) is 0 Å². The van der Waals surface area contributed by atoms with Crippen molar-refractivity contribution in [3.8, 4) is 21.4 Å². The third kappa shape index (κ3) is 3.78. The second-order valence-electron chi connectivity index (χ2n) is 4.92. The van der Waals surface area contributed by atoms with Gasteiger partial charge in [-0.1, -0.05) is 0 Å². The number of halogens is 2. The van der Waals surface area contributed by atoms with E-state index in [0.29, 0.717) is 0 Å². The molecule has 1 N–H and O–H groups in total. The standard InChI is InChI=1S/C17H12BrFN2OSe/c1-10(22)20-15-6-5-12(8-14(15)18)17-21-16(9-23-17)11-3-2-4-13(19)7-11/h2-9H,1H3,(H,20,22). The number of anilines is 1. The number of amides is 1. The minimum absolute atomic E-state index is 0.0939. The van der Waals surface area contributed by atoms with Gasteiger partial charge < -0.3 is 0 Å². The fourth-order valence-electron chi connectivity index (χ4n) is 2.13. The molecule has 0 bridgehead atoms. The van der Waals surface area contributed by atoms with E-state index in [9.17, 15) is 9.18 Å². The van der Waals surface area contributed by atoms with E-state index in [1.165, 1.54) is 19.1 Å². The van der Waals surface area contributed by atoms with E-state index in [4.69, 9.17) is 0 Å². The molecule has 0 aliphatic rings. The Morgan fingerprint density at radius 3 is 2.74 bits per heavy atom. The van der Waals surface area contributed by atoms with Crippen molar-refractivity contribution in [3.05, 3.63) is 57.7 Å². The van der Waals surface area contributed by atoms with Crippen LogP contribution in [0.1, 0.15) is 6.92 Å². The van der Waals surface area contributed by atoms with E-state index in [1.807, 2.05) is 29.2 Å². The van der Waals surface area contributed by atoms with Crippen molar-refractivity contribution in [3.63, 3.8) is 0 Å². The number of carbonyl (C=O) groups is 1. The zero-order valence-electron chi connectivity index (χ0n) is 12.1. The molecular weight excluding hydrogens is 426 g/mol. The summed E-state index contributed by atoms with van der Waals surface area (Å²) in [6.45, 7) is 1.47. The van der Waals surface area contributed by atoms with Crippen LogP contribution in [-0.2, 0) is 4.79 Å². The molecule has 1 amide bonds. The van der Waals surface area contributed by atoms with Gasteiger partial charge in [-0.05, 0) is 0 Å². The summed E-state index contributed by atoms with van der Waals surface area (Å²) in [5.74, 6) is -0.377. The number of nitrogens with one attached hydrogen (secondary N) is 1. The fourth-order valence-corrected chi connectivity index (χ4v) is 4.34. The maximum absolute atomic E-state index is 13.3. The van der Waals surface area contributed by atoms with Gasteiger partial charge in [-0.2, -0.15) is 0 Å². The van der Waals surface area contributed by atoms with E-state index in [-0.39, 0.29) is 26.2 Å². The summed E-state index contributed by atoms with van der Waals surface area (Å²) in [5.41, 5.74) is 3.32. The molecule has 3 rings (SSSR count). The third-order valence-electron chi connectivity index (χ3n) is 3.15. The van der Waals surface area contributed by atoms with Gasteiger partial charge in [-0.25, -0.2) is 0 Å². The molecule has 116 valence electrons. The van der Waals surface area contributed by atoms with Crippen molar-refractivity contribution in [1.82, 2.24) is 4.98 Å². The van der Waals surface area contributed by atoms with Crippen molar-refractivity contribution in [2.45, 2.75) is 6.92 Å². The average Bonchev–Trinajstić information content (AvgIpc) is 2.99. The van der Waals surface area contributed by atoms with Crippen molar-refractivity contribution in [1.29, 1.82) is 0 Å². The normalized spacial score (nSPS) is 10.6. The first-order chi connectivity index (χ1) is 11.0. The van der Waals surface area contributed by atoms with Crippen molar-refractivity contribution in [2.24, 2.45) is 0 Å². The molecule has 3 aromatic rings.